The van der Waals surface area contributed by atoms with Crippen LogP contribution in [0.1, 0.15) is 12.8 Å². The van der Waals surface area contributed by atoms with E-state index >= 15 is 0 Å². The van der Waals surface area contributed by atoms with Crippen molar-refractivity contribution in [2.75, 3.05) is 39.8 Å². The van der Waals surface area contributed by atoms with Gasteiger partial charge in [-0.3, -0.25) is 0 Å². The zero-order valence-corrected chi connectivity index (χ0v) is 8.33. The Morgan fingerprint density at radius 2 is 2.00 bits per heavy atom. The van der Waals surface area contributed by atoms with Crippen molar-refractivity contribution < 1.29 is 4.74 Å². The van der Waals surface area contributed by atoms with E-state index in [9.17, 15) is 0 Å². The number of allylic oxidation sites excluding steroid dienone is 1. The van der Waals surface area contributed by atoms with Crippen LogP contribution in [0.25, 0.3) is 0 Å². The molecule has 0 aromatic rings. The van der Waals surface area contributed by atoms with Crippen LogP contribution in [0, 0.1) is 0 Å². The summed E-state index contributed by atoms with van der Waals surface area (Å²) in [6.07, 6.45) is 4.53. The smallest absolute Gasteiger partial charge is 0.112 e. The summed E-state index contributed by atoms with van der Waals surface area (Å²) in [5.41, 5.74) is 0. The highest BCUT2D eigenvalue weighted by atomic mass is 16.5. The van der Waals surface area contributed by atoms with Gasteiger partial charge in [-0.2, -0.15) is 0 Å². The number of hydrogen-bond donors (Lipinski definition) is 0. The summed E-state index contributed by atoms with van der Waals surface area (Å²) in [4.78, 5) is 4.74. The number of rotatable bonds is 1. The molecule has 0 unspecified atom stereocenters. The summed E-state index contributed by atoms with van der Waals surface area (Å²) >= 11 is 0. The Bertz CT molecular complexity index is 187. The molecule has 74 valence electrons. The summed E-state index contributed by atoms with van der Waals surface area (Å²) < 4.78 is 5.49. The molecule has 0 N–H and O–H groups in total. The summed E-state index contributed by atoms with van der Waals surface area (Å²) in [5, 5.41) is 0. The predicted molar refractivity (Wildman–Crippen MR) is 52.3 cm³/mol. The Balaban J connectivity index is 1.84. The average molecular weight is 182 g/mol. The van der Waals surface area contributed by atoms with Gasteiger partial charge in [0, 0.05) is 38.8 Å². The molecule has 0 aromatic carbocycles. The normalized spacial score (nSPS) is 28.1. The number of likely N-dealkylation sites (N-methyl/N-ethyl adjacent to an activating group) is 1. The predicted octanol–water partition coefficient (Wildman–Crippen LogP) is 0.886. The standard InChI is InChI=1S/C10H18N2O/c1-11-4-6-12(7-5-11)9-10-3-2-8-13-10/h9H,2-8H2,1H3. The minimum absolute atomic E-state index is 0.916. The van der Waals surface area contributed by atoms with Crippen molar-refractivity contribution in [2.24, 2.45) is 0 Å². The summed E-state index contributed by atoms with van der Waals surface area (Å²) in [5.74, 6) is 1.18. The molecule has 0 radical (unpaired) electrons. The molecule has 3 heteroatoms. The van der Waals surface area contributed by atoms with Crippen molar-refractivity contribution >= 4 is 0 Å². The molecule has 0 atom stereocenters. The van der Waals surface area contributed by atoms with E-state index in [1.165, 1.54) is 25.3 Å². The molecular formula is C10H18N2O. The van der Waals surface area contributed by atoms with E-state index in [0.717, 1.165) is 26.1 Å². The van der Waals surface area contributed by atoms with Gasteiger partial charge in [-0.1, -0.05) is 0 Å². The van der Waals surface area contributed by atoms with Crippen LogP contribution in [0.15, 0.2) is 12.0 Å². The van der Waals surface area contributed by atoms with Crippen LogP contribution in [-0.4, -0.2) is 49.6 Å². The Hall–Kier alpha value is -0.700. The molecule has 2 aliphatic rings. The SMILES string of the molecule is CN1CCN(C=C2CCCO2)CC1. The van der Waals surface area contributed by atoms with Crippen LogP contribution in [0.3, 0.4) is 0 Å². The van der Waals surface area contributed by atoms with E-state index in [2.05, 4.69) is 23.0 Å². The first-order chi connectivity index (χ1) is 6.34. The molecule has 0 aromatic heterocycles. The lowest BCUT2D eigenvalue weighted by molar-refractivity contribution is 0.186. The van der Waals surface area contributed by atoms with Crippen LogP contribution < -0.4 is 0 Å². The molecule has 0 spiro atoms. The maximum absolute atomic E-state index is 5.49. The highest BCUT2D eigenvalue weighted by Gasteiger charge is 2.13. The van der Waals surface area contributed by atoms with Gasteiger partial charge < -0.3 is 14.5 Å². The quantitative estimate of drug-likeness (QED) is 0.599. The Morgan fingerprint density at radius 3 is 2.62 bits per heavy atom. The first-order valence-electron chi connectivity index (χ1n) is 5.11. The van der Waals surface area contributed by atoms with Gasteiger partial charge >= 0.3 is 0 Å². The molecule has 2 aliphatic heterocycles. The third-order valence-corrected chi connectivity index (χ3v) is 2.72. The number of piperazine rings is 1. The van der Waals surface area contributed by atoms with Gasteiger partial charge in [0.25, 0.3) is 0 Å². The Kier molecular flexibility index (Phi) is 2.74. The first-order valence-corrected chi connectivity index (χ1v) is 5.11. The number of ether oxygens (including phenoxy) is 1. The maximum atomic E-state index is 5.49. The van der Waals surface area contributed by atoms with Gasteiger partial charge in [-0.05, 0) is 13.5 Å². The topological polar surface area (TPSA) is 15.7 Å². The van der Waals surface area contributed by atoms with Gasteiger partial charge in [0.1, 0.15) is 5.76 Å². The molecule has 0 saturated carbocycles. The van der Waals surface area contributed by atoms with E-state index < -0.39 is 0 Å². The van der Waals surface area contributed by atoms with Crippen molar-refractivity contribution in [3.8, 4) is 0 Å². The van der Waals surface area contributed by atoms with Crippen molar-refractivity contribution in [1.29, 1.82) is 0 Å². The maximum Gasteiger partial charge on any atom is 0.112 e. The van der Waals surface area contributed by atoms with Crippen molar-refractivity contribution in [1.82, 2.24) is 9.80 Å². The van der Waals surface area contributed by atoms with E-state index in [4.69, 9.17) is 4.74 Å². The van der Waals surface area contributed by atoms with Crippen LogP contribution in [0.5, 0.6) is 0 Å². The van der Waals surface area contributed by atoms with Gasteiger partial charge in [0.05, 0.1) is 6.61 Å². The van der Waals surface area contributed by atoms with E-state index in [0.29, 0.717) is 0 Å². The minimum atomic E-state index is 0.916. The fourth-order valence-corrected chi connectivity index (χ4v) is 1.78. The molecule has 2 fully saturated rings. The lowest BCUT2D eigenvalue weighted by Gasteiger charge is -2.31. The number of nitrogens with zero attached hydrogens (tertiary/aromatic N) is 2. The Labute approximate surface area is 80.0 Å². The first kappa shape index (κ1) is 8.88. The van der Waals surface area contributed by atoms with Crippen LogP contribution in [0.2, 0.25) is 0 Å². The van der Waals surface area contributed by atoms with Crippen LogP contribution in [-0.2, 0) is 4.74 Å². The van der Waals surface area contributed by atoms with Crippen molar-refractivity contribution in [2.45, 2.75) is 12.8 Å². The molecule has 0 amide bonds. The molecule has 3 nitrogen and oxygen atoms in total. The van der Waals surface area contributed by atoms with Gasteiger partial charge in [-0.15, -0.1) is 0 Å². The second-order valence-electron chi connectivity index (χ2n) is 3.89. The largest absolute Gasteiger partial charge is 0.496 e. The Morgan fingerprint density at radius 1 is 1.23 bits per heavy atom. The van der Waals surface area contributed by atoms with Crippen molar-refractivity contribution in [3.63, 3.8) is 0 Å². The van der Waals surface area contributed by atoms with Crippen LogP contribution >= 0.6 is 0 Å². The molecular weight excluding hydrogens is 164 g/mol. The second-order valence-corrected chi connectivity index (χ2v) is 3.89. The van der Waals surface area contributed by atoms with Gasteiger partial charge in [0.15, 0.2) is 0 Å². The van der Waals surface area contributed by atoms with Gasteiger partial charge in [-0.25, -0.2) is 0 Å². The van der Waals surface area contributed by atoms with E-state index in [1.807, 2.05) is 0 Å². The van der Waals surface area contributed by atoms with Crippen molar-refractivity contribution in [3.05, 3.63) is 12.0 Å². The lowest BCUT2D eigenvalue weighted by Crippen LogP contribution is -2.41. The van der Waals surface area contributed by atoms with E-state index in [-0.39, 0.29) is 0 Å². The highest BCUT2D eigenvalue weighted by molar-refractivity contribution is 4.97. The van der Waals surface area contributed by atoms with E-state index in [1.54, 1.807) is 0 Å². The summed E-state index contributed by atoms with van der Waals surface area (Å²) in [6, 6.07) is 0. The average Bonchev–Trinajstić information content (AvgIpc) is 2.62. The zero-order valence-electron chi connectivity index (χ0n) is 8.33. The van der Waals surface area contributed by atoms with Gasteiger partial charge in [0.2, 0.25) is 0 Å². The fourth-order valence-electron chi connectivity index (χ4n) is 1.78. The summed E-state index contributed by atoms with van der Waals surface area (Å²) in [7, 11) is 2.18. The molecule has 2 rings (SSSR count). The molecule has 13 heavy (non-hydrogen) atoms. The fraction of sp³-hybridized carbons (Fsp3) is 0.800. The highest BCUT2D eigenvalue weighted by Crippen LogP contribution is 2.16. The molecule has 0 aliphatic carbocycles. The molecule has 2 saturated heterocycles. The zero-order chi connectivity index (χ0) is 9.10. The van der Waals surface area contributed by atoms with Crippen LogP contribution in [0.4, 0.5) is 0 Å². The minimum Gasteiger partial charge on any atom is -0.496 e. The third-order valence-electron chi connectivity index (χ3n) is 2.72. The lowest BCUT2D eigenvalue weighted by atomic mass is 10.3. The third kappa shape index (κ3) is 2.37. The monoisotopic (exact) mass is 182 g/mol. The number of hydrogen-bond acceptors (Lipinski definition) is 3. The second kappa shape index (κ2) is 4.01. The molecule has 0 bridgehead atoms. The molecule has 2 heterocycles. The summed E-state index contributed by atoms with van der Waals surface area (Å²) in [6.45, 7) is 5.54.